The monoisotopic (exact) mass is 232 g/mol. The van der Waals surface area contributed by atoms with Gasteiger partial charge in [-0.05, 0) is 37.9 Å². The second kappa shape index (κ2) is 6.77. The highest BCUT2D eigenvalue weighted by Crippen LogP contribution is 2.10. The van der Waals surface area contributed by atoms with Crippen molar-refractivity contribution in [3.63, 3.8) is 0 Å². The number of nitrogens with one attached hydrogen (secondary N) is 1. The fourth-order valence-corrected chi connectivity index (χ4v) is 2.62. The molecule has 0 saturated carbocycles. The first-order valence-corrected chi connectivity index (χ1v) is 6.88. The van der Waals surface area contributed by atoms with Crippen LogP contribution in [0.5, 0.6) is 0 Å². The average molecular weight is 232 g/mol. The third-order valence-corrected chi connectivity index (χ3v) is 3.43. The molecule has 2 nitrogen and oxygen atoms in total. The Morgan fingerprint density at radius 1 is 1.29 bits per heavy atom. The smallest absolute Gasteiger partial charge is 0.0234 e. The Labute approximate surface area is 105 Å². The van der Waals surface area contributed by atoms with Crippen LogP contribution in [-0.4, -0.2) is 30.6 Å². The molecule has 0 bridgehead atoms. The molecule has 0 amide bonds. The zero-order chi connectivity index (χ0) is 11.9. The quantitative estimate of drug-likeness (QED) is 0.811. The van der Waals surface area contributed by atoms with Gasteiger partial charge >= 0.3 is 0 Å². The average Bonchev–Trinajstić information content (AvgIpc) is 2.83. The number of nitrogens with zero attached hydrogens (tertiary/aromatic N) is 1. The molecule has 0 radical (unpaired) electrons. The van der Waals surface area contributed by atoms with Crippen LogP contribution in [0.3, 0.4) is 0 Å². The molecule has 1 N–H and O–H groups in total. The second-order valence-electron chi connectivity index (χ2n) is 5.01. The summed E-state index contributed by atoms with van der Waals surface area (Å²) in [5.41, 5.74) is 1.43. The lowest BCUT2D eigenvalue weighted by Crippen LogP contribution is -2.37. The van der Waals surface area contributed by atoms with Crippen LogP contribution in [0.25, 0.3) is 0 Å². The van der Waals surface area contributed by atoms with Crippen molar-refractivity contribution in [2.24, 2.45) is 0 Å². The molecular formula is C15H24N2. The maximum absolute atomic E-state index is 3.59. The normalized spacial score (nSPS) is 20.0. The molecule has 17 heavy (non-hydrogen) atoms. The lowest BCUT2D eigenvalue weighted by atomic mass is 10.1. The van der Waals surface area contributed by atoms with Gasteiger partial charge in [-0.3, -0.25) is 4.90 Å². The van der Waals surface area contributed by atoms with Gasteiger partial charge in [0, 0.05) is 19.1 Å². The molecule has 0 spiro atoms. The van der Waals surface area contributed by atoms with Crippen LogP contribution in [0.1, 0.15) is 31.7 Å². The number of hydrogen-bond acceptors (Lipinski definition) is 2. The molecule has 1 aliphatic heterocycles. The van der Waals surface area contributed by atoms with E-state index in [0.29, 0.717) is 6.04 Å². The third kappa shape index (κ3) is 4.14. The maximum atomic E-state index is 3.59. The van der Waals surface area contributed by atoms with E-state index >= 15 is 0 Å². The minimum Gasteiger partial charge on any atom is -0.313 e. The highest BCUT2D eigenvalue weighted by Gasteiger charge is 2.17. The summed E-state index contributed by atoms with van der Waals surface area (Å²) in [5, 5.41) is 3.59. The molecule has 1 saturated heterocycles. The van der Waals surface area contributed by atoms with Gasteiger partial charge in [0.25, 0.3) is 0 Å². The van der Waals surface area contributed by atoms with Gasteiger partial charge in [-0.15, -0.1) is 0 Å². The van der Waals surface area contributed by atoms with E-state index in [1.54, 1.807) is 0 Å². The van der Waals surface area contributed by atoms with E-state index < -0.39 is 0 Å². The Balaban J connectivity index is 1.87. The Kier molecular flexibility index (Phi) is 5.02. The summed E-state index contributed by atoms with van der Waals surface area (Å²) < 4.78 is 0. The molecule has 1 fully saturated rings. The molecule has 2 rings (SSSR count). The summed E-state index contributed by atoms with van der Waals surface area (Å²) in [5.74, 6) is 0. The van der Waals surface area contributed by atoms with Gasteiger partial charge in [-0.2, -0.15) is 0 Å². The Morgan fingerprint density at radius 2 is 2.12 bits per heavy atom. The van der Waals surface area contributed by atoms with Crippen molar-refractivity contribution in [2.45, 2.75) is 38.8 Å². The molecule has 1 aromatic carbocycles. The summed E-state index contributed by atoms with van der Waals surface area (Å²) in [7, 11) is 0. The lowest BCUT2D eigenvalue weighted by molar-refractivity contribution is 0.241. The summed E-state index contributed by atoms with van der Waals surface area (Å²) in [6.45, 7) is 6.96. The summed E-state index contributed by atoms with van der Waals surface area (Å²) in [6.07, 6.45) is 3.92. The zero-order valence-electron chi connectivity index (χ0n) is 10.9. The topological polar surface area (TPSA) is 15.3 Å². The number of rotatable bonds is 6. The Hall–Kier alpha value is -0.860. The van der Waals surface area contributed by atoms with Crippen molar-refractivity contribution in [1.82, 2.24) is 10.2 Å². The Bertz CT molecular complexity index is 304. The van der Waals surface area contributed by atoms with Crippen LogP contribution in [-0.2, 0) is 6.54 Å². The Morgan fingerprint density at radius 3 is 2.76 bits per heavy atom. The summed E-state index contributed by atoms with van der Waals surface area (Å²) >= 11 is 0. The van der Waals surface area contributed by atoms with Crippen molar-refractivity contribution in [2.75, 3.05) is 19.6 Å². The first-order chi connectivity index (χ1) is 8.38. The molecule has 2 heteroatoms. The van der Waals surface area contributed by atoms with Crippen LogP contribution in [0.15, 0.2) is 30.3 Å². The molecule has 94 valence electrons. The lowest BCUT2D eigenvalue weighted by Gasteiger charge is -2.25. The van der Waals surface area contributed by atoms with Gasteiger partial charge in [-0.1, -0.05) is 37.3 Å². The van der Waals surface area contributed by atoms with Gasteiger partial charge in [0.2, 0.25) is 0 Å². The van der Waals surface area contributed by atoms with E-state index in [1.165, 1.54) is 44.5 Å². The molecule has 0 aliphatic carbocycles. The van der Waals surface area contributed by atoms with Gasteiger partial charge in [-0.25, -0.2) is 0 Å². The van der Waals surface area contributed by atoms with E-state index in [2.05, 4.69) is 47.5 Å². The van der Waals surface area contributed by atoms with E-state index in [-0.39, 0.29) is 0 Å². The van der Waals surface area contributed by atoms with Crippen molar-refractivity contribution >= 4 is 0 Å². The van der Waals surface area contributed by atoms with Crippen molar-refractivity contribution < 1.29 is 0 Å². The van der Waals surface area contributed by atoms with E-state index in [9.17, 15) is 0 Å². The van der Waals surface area contributed by atoms with Gasteiger partial charge in [0.05, 0.1) is 0 Å². The van der Waals surface area contributed by atoms with Crippen LogP contribution in [0.2, 0.25) is 0 Å². The molecular weight excluding hydrogens is 208 g/mol. The maximum Gasteiger partial charge on any atom is 0.0234 e. The van der Waals surface area contributed by atoms with Crippen LogP contribution in [0, 0.1) is 0 Å². The number of benzene rings is 1. The molecule has 1 unspecified atom stereocenters. The van der Waals surface area contributed by atoms with E-state index in [0.717, 1.165) is 6.54 Å². The SMILES string of the molecule is CCCN(Cc1ccccc1)CC1CCCN1. The highest BCUT2D eigenvalue weighted by atomic mass is 15.1. The predicted octanol–water partition coefficient (Wildman–Crippen LogP) is 2.65. The highest BCUT2D eigenvalue weighted by molar-refractivity contribution is 5.14. The fraction of sp³-hybridized carbons (Fsp3) is 0.600. The first kappa shape index (κ1) is 12.6. The fourth-order valence-electron chi connectivity index (χ4n) is 2.62. The molecule has 1 atom stereocenters. The molecule has 1 aliphatic rings. The minimum absolute atomic E-state index is 0.713. The largest absolute Gasteiger partial charge is 0.313 e. The zero-order valence-corrected chi connectivity index (χ0v) is 10.9. The van der Waals surface area contributed by atoms with Crippen molar-refractivity contribution in [3.05, 3.63) is 35.9 Å². The first-order valence-electron chi connectivity index (χ1n) is 6.88. The summed E-state index contributed by atoms with van der Waals surface area (Å²) in [6, 6.07) is 11.5. The van der Waals surface area contributed by atoms with Gasteiger partial charge < -0.3 is 5.32 Å². The van der Waals surface area contributed by atoms with E-state index in [4.69, 9.17) is 0 Å². The molecule has 1 heterocycles. The van der Waals surface area contributed by atoms with Gasteiger partial charge in [0.15, 0.2) is 0 Å². The summed E-state index contributed by atoms with van der Waals surface area (Å²) in [4.78, 5) is 2.58. The van der Waals surface area contributed by atoms with Crippen molar-refractivity contribution in [3.8, 4) is 0 Å². The molecule has 1 aromatic rings. The van der Waals surface area contributed by atoms with E-state index in [1.807, 2.05) is 0 Å². The molecule has 0 aromatic heterocycles. The van der Waals surface area contributed by atoms with Crippen molar-refractivity contribution in [1.29, 1.82) is 0 Å². The second-order valence-corrected chi connectivity index (χ2v) is 5.01. The number of hydrogen-bond donors (Lipinski definition) is 1. The minimum atomic E-state index is 0.713. The van der Waals surface area contributed by atoms with Gasteiger partial charge in [0.1, 0.15) is 0 Å². The van der Waals surface area contributed by atoms with Crippen LogP contribution in [0.4, 0.5) is 0 Å². The predicted molar refractivity (Wildman–Crippen MR) is 73.0 cm³/mol. The standard InChI is InChI=1S/C15H24N2/c1-2-11-17(13-15-9-6-10-16-15)12-14-7-4-3-5-8-14/h3-5,7-8,15-16H,2,6,9-13H2,1H3. The van der Waals surface area contributed by atoms with Crippen LogP contribution >= 0.6 is 0 Å². The third-order valence-electron chi connectivity index (χ3n) is 3.43. The van der Waals surface area contributed by atoms with Crippen LogP contribution < -0.4 is 5.32 Å².